The van der Waals surface area contributed by atoms with Gasteiger partial charge in [-0.2, -0.15) is 0 Å². The van der Waals surface area contributed by atoms with E-state index in [9.17, 15) is 8.42 Å². The molecule has 0 aliphatic heterocycles. The van der Waals surface area contributed by atoms with Gasteiger partial charge in [-0.3, -0.25) is 0 Å². The van der Waals surface area contributed by atoms with Crippen molar-refractivity contribution < 1.29 is 8.42 Å². The second-order valence-electron chi connectivity index (χ2n) is 5.39. The van der Waals surface area contributed by atoms with Crippen molar-refractivity contribution >= 4 is 39.8 Å². The number of sulfone groups is 1. The summed E-state index contributed by atoms with van der Waals surface area (Å²) in [7, 11) is -3.14. The fourth-order valence-electron chi connectivity index (χ4n) is 1.65. The molecule has 0 aliphatic carbocycles. The molecule has 0 unspecified atom stereocenters. The highest BCUT2D eigenvalue weighted by Gasteiger charge is 2.06. The van der Waals surface area contributed by atoms with Gasteiger partial charge in [0, 0.05) is 19.3 Å². The standard InChI is InChI=1S/C15H25N3O2S.HI/c1-5-16-15(17-10-12(2)3)18-11-13-6-8-14(9-7-13)21(4,19)20;/h6-9,12H,5,10-11H2,1-4H3,(H2,16,17,18);1H. The molecule has 5 nitrogen and oxygen atoms in total. The van der Waals surface area contributed by atoms with Gasteiger partial charge in [-0.15, -0.1) is 24.0 Å². The van der Waals surface area contributed by atoms with Gasteiger partial charge in [0.2, 0.25) is 0 Å². The van der Waals surface area contributed by atoms with Crippen molar-refractivity contribution in [1.29, 1.82) is 0 Å². The highest BCUT2D eigenvalue weighted by molar-refractivity contribution is 14.0. The zero-order valence-corrected chi connectivity index (χ0v) is 16.7. The number of nitrogens with zero attached hydrogens (tertiary/aromatic N) is 1. The first-order chi connectivity index (χ1) is 9.82. The lowest BCUT2D eigenvalue weighted by molar-refractivity contribution is 0.602. The molecule has 0 radical (unpaired) electrons. The minimum atomic E-state index is -3.14. The van der Waals surface area contributed by atoms with Gasteiger partial charge in [0.15, 0.2) is 15.8 Å². The summed E-state index contributed by atoms with van der Waals surface area (Å²) in [5.74, 6) is 1.32. The van der Waals surface area contributed by atoms with E-state index in [0.29, 0.717) is 17.4 Å². The summed E-state index contributed by atoms with van der Waals surface area (Å²) in [4.78, 5) is 4.83. The van der Waals surface area contributed by atoms with Crippen LogP contribution in [0.2, 0.25) is 0 Å². The second-order valence-corrected chi connectivity index (χ2v) is 7.40. The minimum Gasteiger partial charge on any atom is -0.357 e. The van der Waals surface area contributed by atoms with Crippen LogP contribution in [0.15, 0.2) is 34.2 Å². The highest BCUT2D eigenvalue weighted by Crippen LogP contribution is 2.10. The zero-order chi connectivity index (χ0) is 15.9. The zero-order valence-electron chi connectivity index (χ0n) is 13.6. The van der Waals surface area contributed by atoms with Crippen molar-refractivity contribution in [2.24, 2.45) is 10.9 Å². The predicted molar refractivity (Wildman–Crippen MR) is 103 cm³/mol. The summed E-state index contributed by atoms with van der Waals surface area (Å²) < 4.78 is 22.8. The Morgan fingerprint density at radius 2 is 1.77 bits per heavy atom. The van der Waals surface area contributed by atoms with Gasteiger partial charge < -0.3 is 10.6 Å². The molecule has 0 aromatic heterocycles. The number of hydrogen-bond acceptors (Lipinski definition) is 3. The Morgan fingerprint density at radius 3 is 2.23 bits per heavy atom. The first-order valence-corrected chi connectivity index (χ1v) is 9.03. The number of nitrogens with one attached hydrogen (secondary N) is 2. The van der Waals surface area contributed by atoms with Gasteiger partial charge in [0.25, 0.3) is 0 Å². The SMILES string of the molecule is CCNC(=NCc1ccc(S(C)(=O)=O)cc1)NCC(C)C.I. The first-order valence-electron chi connectivity index (χ1n) is 7.14. The molecule has 0 spiro atoms. The molecular formula is C15H26IN3O2S. The smallest absolute Gasteiger partial charge is 0.191 e. The number of halogens is 1. The predicted octanol–water partition coefficient (Wildman–Crippen LogP) is 2.42. The van der Waals surface area contributed by atoms with E-state index in [1.165, 1.54) is 6.26 Å². The third-order valence-corrected chi connectivity index (χ3v) is 3.92. The molecule has 1 aromatic rings. The molecule has 0 aliphatic rings. The maximum absolute atomic E-state index is 11.4. The molecule has 1 aromatic carbocycles. The van der Waals surface area contributed by atoms with Gasteiger partial charge in [-0.25, -0.2) is 13.4 Å². The Morgan fingerprint density at radius 1 is 1.18 bits per heavy atom. The summed E-state index contributed by atoms with van der Waals surface area (Å²) >= 11 is 0. The molecule has 2 N–H and O–H groups in total. The molecule has 0 saturated heterocycles. The summed E-state index contributed by atoms with van der Waals surface area (Å²) in [6.07, 6.45) is 1.21. The van der Waals surface area contributed by atoms with Crippen LogP contribution in [-0.2, 0) is 16.4 Å². The molecule has 0 atom stereocenters. The fraction of sp³-hybridized carbons (Fsp3) is 0.533. The van der Waals surface area contributed by atoms with Crippen LogP contribution in [0.3, 0.4) is 0 Å². The quantitative estimate of drug-likeness (QED) is 0.406. The number of aliphatic imine (C=N–C) groups is 1. The Bertz CT molecular complexity index is 569. The summed E-state index contributed by atoms with van der Waals surface area (Å²) in [6.45, 7) is 8.47. The first kappa shape index (κ1) is 21.2. The Labute approximate surface area is 150 Å². The van der Waals surface area contributed by atoms with E-state index in [1.807, 2.05) is 6.92 Å². The molecule has 0 fully saturated rings. The lowest BCUT2D eigenvalue weighted by atomic mass is 10.2. The van der Waals surface area contributed by atoms with Crippen molar-refractivity contribution in [3.05, 3.63) is 29.8 Å². The molecule has 7 heteroatoms. The molecule has 0 saturated carbocycles. The van der Waals surface area contributed by atoms with Crippen LogP contribution in [0.4, 0.5) is 0 Å². The fourth-order valence-corrected chi connectivity index (χ4v) is 2.29. The van der Waals surface area contributed by atoms with Crippen LogP contribution < -0.4 is 10.6 Å². The van der Waals surface area contributed by atoms with E-state index in [2.05, 4.69) is 29.5 Å². The lowest BCUT2D eigenvalue weighted by Gasteiger charge is -2.13. The third kappa shape index (κ3) is 7.98. The van der Waals surface area contributed by atoms with Crippen molar-refractivity contribution in [3.63, 3.8) is 0 Å². The summed E-state index contributed by atoms with van der Waals surface area (Å²) in [6, 6.07) is 6.83. The molecule has 0 bridgehead atoms. The molecule has 126 valence electrons. The molecule has 0 amide bonds. The maximum atomic E-state index is 11.4. The number of guanidine groups is 1. The molecule has 1 rings (SSSR count). The average molecular weight is 439 g/mol. The summed E-state index contributed by atoms with van der Waals surface area (Å²) in [5, 5.41) is 6.46. The van der Waals surface area contributed by atoms with Gasteiger partial charge in [0.1, 0.15) is 0 Å². The van der Waals surface area contributed by atoms with Crippen molar-refractivity contribution in [1.82, 2.24) is 10.6 Å². The van der Waals surface area contributed by atoms with Crippen LogP contribution in [0.1, 0.15) is 26.3 Å². The number of rotatable bonds is 6. The average Bonchev–Trinajstić information content (AvgIpc) is 2.41. The van der Waals surface area contributed by atoms with Crippen LogP contribution in [0, 0.1) is 5.92 Å². The number of benzene rings is 1. The topological polar surface area (TPSA) is 70.6 Å². The Balaban J connectivity index is 0.00000441. The largest absolute Gasteiger partial charge is 0.357 e. The molecular weight excluding hydrogens is 413 g/mol. The van der Waals surface area contributed by atoms with Crippen molar-refractivity contribution in [3.8, 4) is 0 Å². The van der Waals surface area contributed by atoms with Gasteiger partial charge in [-0.05, 0) is 30.5 Å². The van der Waals surface area contributed by atoms with E-state index in [1.54, 1.807) is 24.3 Å². The van der Waals surface area contributed by atoms with Gasteiger partial charge in [0.05, 0.1) is 11.4 Å². The third-order valence-electron chi connectivity index (χ3n) is 2.79. The van der Waals surface area contributed by atoms with E-state index in [4.69, 9.17) is 0 Å². The van der Waals surface area contributed by atoms with E-state index in [-0.39, 0.29) is 24.0 Å². The van der Waals surface area contributed by atoms with Gasteiger partial charge in [-0.1, -0.05) is 26.0 Å². The number of hydrogen-bond donors (Lipinski definition) is 2. The monoisotopic (exact) mass is 439 g/mol. The minimum absolute atomic E-state index is 0. The van der Waals surface area contributed by atoms with E-state index in [0.717, 1.165) is 24.6 Å². The van der Waals surface area contributed by atoms with Crippen LogP contribution in [-0.4, -0.2) is 33.7 Å². The lowest BCUT2D eigenvalue weighted by Crippen LogP contribution is -2.39. The van der Waals surface area contributed by atoms with Crippen molar-refractivity contribution in [2.45, 2.75) is 32.2 Å². The highest BCUT2D eigenvalue weighted by atomic mass is 127. The van der Waals surface area contributed by atoms with Crippen molar-refractivity contribution in [2.75, 3.05) is 19.3 Å². The maximum Gasteiger partial charge on any atom is 0.191 e. The molecule has 22 heavy (non-hydrogen) atoms. The van der Waals surface area contributed by atoms with Crippen LogP contribution in [0.5, 0.6) is 0 Å². The Kier molecular flexibility index (Phi) is 9.66. The summed E-state index contributed by atoms with van der Waals surface area (Å²) in [5.41, 5.74) is 0.976. The normalized spacial score (nSPS) is 12.0. The molecule has 0 heterocycles. The Hall–Kier alpha value is -0.830. The van der Waals surface area contributed by atoms with Gasteiger partial charge >= 0.3 is 0 Å². The second kappa shape index (κ2) is 10.0. The van der Waals surface area contributed by atoms with Crippen LogP contribution in [0.25, 0.3) is 0 Å². The van der Waals surface area contributed by atoms with E-state index < -0.39 is 9.84 Å². The van der Waals surface area contributed by atoms with Crippen LogP contribution >= 0.6 is 24.0 Å². The van der Waals surface area contributed by atoms with E-state index >= 15 is 0 Å².